The minimum atomic E-state index is -4.41. The van der Waals surface area contributed by atoms with E-state index in [2.05, 4.69) is 5.10 Å². The van der Waals surface area contributed by atoms with Gasteiger partial charge in [-0.15, -0.1) is 0 Å². The second-order valence-corrected chi connectivity index (χ2v) is 4.59. The Morgan fingerprint density at radius 3 is 2.48 bits per heavy atom. The number of hydrogen-bond donors (Lipinski definition) is 0. The molecule has 0 amide bonds. The highest BCUT2D eigenvalue weighted by Crippen LogP contribution is 2.31. The second kappa shape index (κ2) is 5.71. The Bertz CT molecular complexity index is 659. The molecule has 0 bridgehead atoms. The highest BCUT2D eigenvalue weighted by molar-refractivity contribution is 5.78. The molecule has 1 aromatic heterocycles. The Labute approximate surface area is 120 Å². The predicted molar refractivity (Wildman–Crippen MR) is 72.7 cm³/mol. The first-order valence-electron chi connectivity index (χ1n) is 6.65. The van der Waals surface area contributed by atoms with Gasteiger partial charge in [0.25, 0.3) is 0 Å². The molecule has 0 saturated carbocycles. The van der Waals surface area contributed by atoms with Crippen LogP contribution in [0, 0.1) is 0 Å². The standard InChI is InChI=1S/C15H15F3N2O/c1-3-13-12(9-21)14(4-2)20(19-13)11-7-5-6-10(8-11)15(16,17)18/h5-9H,3-4H2,1-2H3. The van der Waals surface area contributed by atoms with Gasteiger partial charge in [0.15, 0.2) is 6.29 Å². The van der Waals surface area contributed by atoms with Crippen LogP contribution in [-0.4, -0.2) is 16.1 Å². The quantitative estimate of drug-likeness (QED) is 0.804. The molecule has 0 aliphatic heterocycles. The van der Waals surface area contributed by atoms with Crippen LogP contribution in [0.3, 0.4) is 0 Å². The number of aromatic nitrogens is 2. The number of nitrogens with zero attached hydrogens (tertiary/aromatic N) is 2. The zero-order valence-corrected chi connectivity index (χ0v) is 11.7. The van der Waals surface area contributed by atoms with Gasteiger partial charge in [0.1, 0.15) is 0 Å². The average molecular weight is 296 g/mol. The van der Waals surface area contributed by atoms with Gasteiger partial charge in [-0.2, -0.15) is 18.3 Å². The number of rotatable bonds is 4. The summed E-state index contributed by atoms with van der Waals surface area (Å²) in [6.07, 6.45) is -2.63. The van der Waals surface area contributed by atoms with Gasteiger partial charge in [0.2, 0.25) is 0 Å². The van der Waals surface area contributed by atoms with E-state index >= 15 is 0 Å². The van der Waals surface area contributed by atoms with Crippen LogP contribution in [0.2, 0.25) is 0 Å². The fourth-order valence-electron chi connectivity index (χ4n) is 2.28. The van der Waals surface area contributed by atoms with Crippen molar-refractivity contribution < 1.29 is 18.0 Å². The molecule has 21 heavy (non-hydrogen) atoms. The molecule has 2 aromatic rings. The van der Waals surface area contributed by atoms with Crippen molar-refractivity contribution in [3.63, 3.8) is 0 Å². The van der Waals surface area contributed by atoms with Crippen molar-refractivity contribution in [2.24, 2.45) is 0 Å². The van der Waals surface area contributed by atoms with Gasteiger partial charge in [0, 0.05) is 0 Å². The summed E-state index contributed by atoms with van der Waals surface area (Å²) in [4.78, 5) is 11.2. The maximum Gasteiger partial charge on any atom is 0.416 e. The zero-order chi connectivity index (χ0) is 15.6. The lowest BCUT2D eigenvalue weighted by Crippen LogP contribution is -2.08. The first-order chi connectivity index (χ1) is 9.92. The summed E-state index contributed by atoms with van der Waals surface area (Å²) in [5, 5.41) is 4.28. The molecular formula is C15H15F3N2O. The molecule has 0 N–H and O–H groups in total. The topological polar surface area (TPSA) is 34.9 Å². The van der Waals surface area contributed by atoms with Crippen LogP contribution in [0.4, 0.5) is 13.2 Å². The molecule has 0 atom stereocenters. The summed E-state index contributed by atoms with van der Waals surface area (Å²) >= 11 is 0. The van der Waals surface area contributed by atoms with Crippen molar-refractivity contribution in [1.29, 1.82) is 0 Å². The van der Waals surface area contributed by atoms with E-state index in [0.717, 1.165) is 18.4 Å². The van der Waals surface area contributed by atoms with E-state index in [0.29, 0.717) is 35.5 Å². The molecule has 3 nitrogen and oxygen atoms in total. The minimum absolute atomic E-state index is 0.310. The number of alkyl halides is 3. The smallest absolute Gasteiger partial charge is 0.298 e. The van der Waals surface area contributed by atoms with Crippen LogP contribution in [0.5, 0.6) is 0 Å². The van der Waals surface area contributed by atoms with Crippen molar-refractivity contribution in [1.82, 2.24) is 9.78 Å². The van der Waals surface area contributed by atoms with E-state index in [9.17, 15) is 18.0 Å². The van der Waals surface area contributed by atoms with Crippen molar-refractivity contribution in [2.75, 3.05) is 0 Å². The van der Waals surface area contributed by atoms with Crippen molar-refractivity contribution in [3.8, 4) is 5.69 Å². The predicted octanol–water partition coefficient (Wildman–Crippen LogP) is 3.83. The minimum Gasteiger partial charge on any atom is -0.298 e. The molecule has 0 unspecified atom stereocenters. The number of carbonyl (C=O) groups excluding carboxylic acids is 1. The summed E-state index contributed by atoms with van der Waals surface area (Å²) in [7, 11) is 0. The Balaban J connectivity index is 2.62. The molecule has 1 aromatic carbocycles. The van der Waals surface area contributed by atoms with Crippen LogP contribution < -0.4 is 0 Å². The van der Waals surface area contributed by atoms with Gasteiger partial charge in [0.05, 0.1) is 28.2 Å². The molecule has 0 aliphatic carbocycles. The van der Waals surface area contributed by atoms with Crippen LogP contribution >= 0.6 is 0 Å². The summed E-state index contributed by atoms with van der Waals surface area (Å²) < 4.78 is 39.8. The molecule has 112 valence electrons. The third-order valence-corrected chi connectivity index (χ3v) is 3.30. The number of aldehydes is 1. The SMILES string of the molecule is CCc1nn(-c2cccc(C(F)(F)F)c2)c(CC)c1C=O. The summed E-state index contributed by atoms with van der Waals surface area (Å²) in [5.74, 6) is 0. The fraction of sp³-hybridized carbons (Fsp3) is 0.333. The van der Waals surface area contributed by atoms with Gasteiger partial charge in [-0.3, -0.25) is 4.79 Å². The third-order valence-electron chi connectivity index (χ3n) is 3.30. The first-order valence-corrected chi connectivity index (χ1v) is 6.65. The van der Waals surface area contributed by atoms with E-state index in [4.69, 9.17) is 0 Å². The van der Waals surface area contributed by atoms with E-state index in [1.54, 1.807) is 6.07 Å². The number of aryl methyl sites for hydroxylation is 1. The molecule has 0 radical (unpaired) electrons. The summed E-state index contributed by atoms with van der Waals surface area (Å²) in [6, 6.07) is 4.95. The van der Waals surface area contributed by atoms with Gasteiger partial charge in [-0.25, -0.2) is 4.68 Å². The zero-order valence-electron chi connectivity index (χ0n) is 11.7. The maximum atomic E-state index is 12.8. The summed E-state index contributed by atoms with van der Waals surface area (Å²) in [6.45, 7) is 3.69. The van der Waals surface area contributed by atoms with Crippen LogP contribution in [0.1, 0.15) is 41.2 Å². The molecule has 0 fully saturated rings. The van der Waals surface area contributed by atoms with Gasteiger partial charge in [-0.1, -0.05) is 19.9 Å². The molecule has 0 aliphatic rings. The Morgan fingerprint density at radius 1 is 1.24 bits per heavy atom. The van der Waals surface area contributed by atoms with Crippen molar-refractivity contribution in [3.05, 3.63) is 46.8 Å². The lowest BCUT2D eigenvalue weighted by atomic mass is 10.1. The first kappa shape index (κ1) is 15.3. The maximum absolute atomic E-state index is 12.8. The number of hydrogen-bond acceptors (Lipinski definition) is 2. The van der Waals surface area contributed by atoms with Crippen LogP contribution in [0.25, 0.3) is 5.69 Å². The van der Waals surface area contributed by atoms with E-state index in [-0.39, 0.29) is 0 Å². The lowest BCUT2D eigenvalue weighted by molar-refractivity contribution is -0.137. The van der Waals surface area contributed by atoms with Gasteiger partial charge >= 0.3 is 6.18 Å². The molecule has 1 heterocycles. The number of benzene rings is 1. The largest absolute Gasteiger partial charge is 0.416 e. The van der Waals surface area contributed by atoms with Crippen LogP contribution in [-0.2, 0) is 19.0 Å². The Kier molecular flexibility index (Phi) is 4.16. The molecule has 6 heteroatoms. The average Bonchev–Trinajstić information content (AvgIpc) is 2.84. The van der Waals surface area contributed by atoms with E-state index in [1.165, 1.54) is 10.7 Å². The van der Waals surface area contributed by atoms with E-state index < -0.39 is 11.7 Å². The number of halogens is 3. The lowest BCUT2D eigenvalue weighted by Gasteiger charge is -2.10. The van der Waals surface area contributed by atoms with Crippen molar-refractivity contribution >= 4 is 6.29 Å². The van der Waals surface area contributed by atoms with Crippen molar-refractivity contribution in [2.45, 2.75) is 32.9 Å². The van der Waals surface area contributed by atoms with Gasteiger partial charge < -0.3 is 0 Å². The molecule has 2 rings (SSSR count). The highest BCUT2D eigenvalue weighted by Gasteiger charge is 2.30. The molecule has 0 spiro atoms. The second-order valence-electron chi connectivity index (χ2n) is 4.59. The Morgan fingerprint density at radius 2 is 1.95 bits per heavy atom. The molecular weight excluding hydrogens is 281 g/mol. The monoisotopic (exact) mass is 296 g/mol. The van der Waals surface area contributed by atoms with Gasteiger partial charge in [-0.05, 0) is 31.0 Å². The number of carbonyl (C=O) groups is 1. The third kappa shape index (κ3) is 2.84. The summed E-state index contributed by atoms with van der Waals surface area (Å²) in [5.41, 5.74) is 1.27. The van der Waals surface area contributed by atoms with Crippen LogP contribution in [0.15, 0.2) is 24.3 Å². The Hall–Kier alpha value is -2.11. The highest BCUT2D eigenvalue weighted by atomic mass is 19.4. The fourth-order valence-corrected chi connectivity index (χ4v) is 2.28. The normalized spacial score (nSPS) is 11.7. The molecule has 0 saturated heterocycles. The van der Waals surface area contributed by atoms with E-state index in [1.807, 2.05) is 13.8 Å².